The van der Waals surface area contributed by atoms with Gasteiger partial charge in [-0.3, -0.25) is 4.79 Å². The molecule has 22 heavy (non-hydrogen) atoms. The van der Waals surface area contributed by atoms with E-state index in [1.807, 2.05) is 4.90 Å². The van der Waals surface area contributed by atoms with Gasteiger partial charge in [0.25, 0.3) is 5.91 Å². The molecule has 1 aromatic heterocycles. The van der Waals surface area contributed by atoms with Gasteiger partial charge in [-0.2, -0.15) is 0 Å². The van der Waals surface area contributed by atoms with Gasteiger partial charge in [0.2, 0.25) is 0 Å². The number of carbonyl (C=O) groups is 2. The van der Waals surface area contributed by atoms with Crippen LogP contribution in [-0.2, 0) is 0 Å². The van der Waals surface area contributed by atoms with Crippen LogP contribution in [0.1, 0.15) is 65.8 Å². The molecule has 1 amide bonds. The van der Waals surface area contributed by atoms with Crippen LogP contribution in [0, 0.1) is 5.92 Å². The fraction of sp³-hybridized carbons (Fsp3) is 0.588. The Morgan fingerprint density at radius 1 is 1.09 bits per heavy atom. The van der Waals surface area contributed by atoms with Crippen LogP contribution < -0.4 is 0 Å². The van der Waals surface area contributed by atoms with Gasteiger partial charge in [-0.25, -0.2) is 9.78 Å². The molecule has 0 radical (unpaired) electrons. The second-order valence-corrected chi connectivity index (χ2v) is 6.34. The molecule has 5 heteroatoms. The molecule has 3 rings (SSSR count). The van der Waals surface area contributed by atoms with Crippen LogP contribution in [-0.4, -0.2) is 39.5 Å². The number of aromatic carboxylic acids is 1. The van der Waals surface area contributed by atoms with Crippen molar-refractivity contribution in [2.45, 2.75) is 51.0 Å². The van der Waals surface area contributed by atoms with Crippen molar-refractivity contribution in [1.82, 2.24) is 9.88 Å². The highest BCUT2D eigenvalue weighted by Crippen LogP contribution is 2.34. The lowest BCUT2D eigenvalue weighted by Gasteiger charge is -2.34. The number of rotatable bonds is 3. The summed E-state index contributed by atoms with van der Waals surface area (Å²) in [5.74, 6) is -0.441. The highest BCUT2D eigenvalue weighted by atomic mass is 16.4. The van der Waals surface area contributed by atoms with Gasteiger partial charge < -0.3 is 10.0 Å². The third-order valence-corrected chi connectivity index (χ3v) is 4.98. The minimum atomic E-state index is -1.07. The third kappa shape index (κ3) is 2.98. The molecule has 2 aliphatic rings. The summed E-state index contributed by atoms with van der Waals surface area (Å²) >= 11 is 0. The number of amides is 1. The highest BCUT2D eigenvalue weighted by Gasteiger charge is 2.35. The van der Waals surface area contributed by atoms with Crippen molar-refractivity contribution < 1.29 is 14.7 Å². The zero-order valence-corrected chi connectivity index (χ0v) is 12.7. The second kappa shape index (κ2) is 6.46. The Labute approximate surface area is 130 Å². The summed E-state index contributed by atoms with van der Waals surface area (Å²) in [6, 6.07) is 3.34. The zero-order valence-electron chi connectivity index (χ0n) is 12.7. The van der Waals surface area contributed by atoms with E-state index in [4.69, 9.17) is 5.11 Å². The first kappa shape index (κ1) is 15.0. The molecule has 2 heterocycles. The van der Waals surface area contributed by atoms with E-state index in [0.29, 0.717) is 17.5 Å². The molecule has 5 nitrogen and oxygen atoms in total. The van der Waals surface area contributed by atoms with Crippen LogP contribution in [0.5, 0.6) is 0 Å². The van der Waals surface area contributed by atoms with Crippen molar-refractivity contribution in [3.63, 3.8) is 0 Å². The maximum Gasteiger partial charge on any atom is 0.354 e. The predicted molar refractivity (Wildman–Crippen MR) is 81.8 cm³/mol. The van der Waals surface area contributed by atoms with Gasteiger partial charge in [0.1, 0.15) is 5.69 Å². The van der Waals surface area contributed by atoms with Gasteiger partial charge >= 0.3 is 5.97 Å². The van der Waals surface area contributed by atoms with Gasteiger partial charge in [-0.15, -0.1) is 0 Å². The molecule has 1 N–H and O–H groups in total. The topological polar surface area (TPSA) is 70.5 Å². The van der Waals surface area contributed by atoms with E-state index in [9.17, 15) is 9.59 Å². The molecule has 1 aliphatic heterocycles. The molecule has 118 valence electrons. The van der Waals surface area contributed by atoms with Gasteiger partial charge in [0.05, 0.1) is 5.56 Å². The molecule has 1 aliphatic carbocycles. The molecule has 0 spiro atoms. The Kier molecular flexibility index (Phi) is 4.41. The summed E-state index contributed by atoms with van der Waals surface area (Å²) < 4.78 is 0. The quantitative estimate of drug-likeness (QED) is 0.932. The maximum absolute atomic E-state index is 12.7. The summed E-state index contributed by atoms with van der Waals surface area (Å²) in [7, 11) is 0. The minimum absolute atomic E-state index is 0.00230. The average molecular weight is 302 g/mol. The number of pyridine rings is 1. The average Bonchev–Trinajstić information content (AvgIpc) is 3.04. The Morgan fingerprint density at radius 3 is 2.50 bits per heavy atom. The SMILES string of the molecule is O=C(O)c1ccc(C(=O)N2CCC[C@H]2C2CCCCC2)cn1. The van der Waals surface area contributed by atoms with Crippen LogP contribution in [0.2, 0.25) is 0 Å². The fourth-order valence-corrected chi connectivity index (χ4v) is 3.87. The molecule has 1 atom stereocenters. The number of aromatic nitrogens is 1. The number of carboxylic acid groups (broad SMARTS) is 1. The van der Waals surface area contributed by atoms with Crippen LogP contribution in [0.25, 0.3) is 0 Å². The second-order valence-electron chi connectivity index (χ2n) is 6.34. The highest BCUT2D eigenvalue weighted by molar-refractivity contribution is 5.95. The summed E-state index contributed by atoms with van der Waals surface area (Å²) in [4.78, 5) is 29.4. The van der Waals surface area contributed by atoms with Gasteiger partial charge in [0, 0.05) is 18.8 Å². The Hall–Kier alpha value is -1.91. The number of hydrogen-bond acceptors (Lipinski definition) is 3. The fourth-order valence-electron chi connectivity index (χ4n) is 3.87. The van der Waals surface area contributed by atoms with Crippen LogP contribution >= 0.6 is 0 Å². The van der Waals surface area contributed by atoms with Crippen molar-refractivity contribution in [2.75, 3.05) is 6.54 Å². The van der Waals surface area contributed by atoms with Crippen molar-refractivity contribution in [3.05, 3.63) is 29.6 Å². The van der Waals surface area contributed by atoms with Crippen molar-refractivity contribution >= 4 is 11.9 Å². The normalized spacial score (nSPS) is 22.7. The molecule has 2 fully saturated rings. The van der Waals surface area contributed by atoms with E-state index >= 15 is 0 Å². The molecule has 0 aromatic carbocycles. The first-order valence-corrected chi connectivity index (χ1v) is 8.17. The van der Waals surface area contributed by atoms with Crippen molar-refractivity contribution in [3.8, 4) is 0 Å². The van der Waals surface area contributed by atoms with Gasteiger partial charge in [-0.1, -0.05) is 19.3 Å². The van der Waals surface area contributed by atoms with E-state index in [1.54, 1.807) is 6.07 Å². The first-order valence-electron chi connectivity index (χ1n) is 8.17. The van der Waals surface area contributed by atoms with Crippen molar-refractivity contribution in [1.29, 1.82) is 0 Å². The molecule has 1 saturated heterocycles. The number of carbonyl (C=O) groups excluding carboxylic acids is 1. The van der Waals surface area contributed by atoms with Gasteiger partial charge in [0.15, 0.2) is 0 Å². The zero-order chi connectivity index (χ0) is 15.5. The van der Waals surface area contributed by atoms with Crippen LogP contribution in [0.3, 0.4) is 0 Å². The summed E-state index contributed by atoms with van der Waals surface area (Å²) in [6.45, 7) is 0.806. The smallest absolute Gasteiger partial charge is 0.354 e. The lowest BCUT2D eigenvalue weighted by molar-refractivity contribution is 0.0654. The summed E-state index contributed by atoms with van der Waals surface area (Å²) in [5.41, 5.74) is 0.467. The molecule has 1 aromatic rings. The number of hydrogen-bond donors (Lipinski definition) is 1. The molecular formula is C17H22N2O3. The summed E-state index contributed by atoms with van der Waals surface area (Å²) in [6.07, 6.45) is 9.87. The summed E-state index contributed by atoms with van der Waals surface area (Å²) in [5, 5.41) is 8.88. The van der Waals surface area contributed by atoms with E-state index < -0.39 is 5.97 Å². The Bertz CT molecular complexity index is 550. The third-order valence-electron chi connectivity index (χ3n) is 4.98. The number of carboxylic acids is 1. The standard InChI is InChI=1S/C17H22N2O3/c20-16(13-8-9-14(17(21)22)18-11-13)19-10-4-7-15(19)12-5-2-1-3-6-12/h8-9,11-12,15H,1-7,10H2,(H,21,22)/t15-/m0/s1. The van der Waals surface area contributed by atoms with E-state index in [0.717, 1.165) is 19.4 Å². The van der Waals surface area contributed by atoms with E-state index in [-0.39, 0.29) is 11.6 Å². The molecule has 1 saturated carbocycles. The monoisotopic (exact) mass is 302 g/mol. The Morgan fingerprint density at radius 2 is 1.86 bits per heavy atom. The first-order chi connectivity index (χ1) is 10.7. The van der Waals surface area contributed by atoms with Gasteiger partial charge in [-0.05, 0) is 43.7 Å². The van der Waals surface area contributed by atoms with Crippen LogP contribution in [0.4, 0.5) is 0 Å². The van der Waals surface area contributed by atoms with E-state index in [1.165, 1.54) is 44.4 Å². The van der Waals surface area contributed by atoms with Crippen molar-refractivity contribution in [2.24, 2.45) is 5.92 Å². The number of nitrogens with zero attached hydrogens (tertiary/aromatic N) is 2. The van der Waals surface area contributed by atoms with E-state index in [2.05, 4.69) is 4.98 Å². The number of likely N-dealkylation sites (tertiary alicyclic amines) is 1. The molecule has 0 bridgehead atoms. The predicted octanol–water partition coefficient (Wildman–Crippen LogP) is 2.96. The minimum Gasteiger partial charge on any atom is -0.477 e. The lowest BCUT2D eigenvalue weighted by atomic mass is 9.83. The Balaban J connectivity index is 1.73. The largest absolute Gasteiger partial charge is 0.477 e. The molecular weight excluding hydrogens is 280 g/mol. The molecule has 0 unspecified atom stereocenters. The lowest BCUT2D eigenvalue weighted by Crippen LogP contribution is -2.40. The maximum atomic E-state index is 12.7. The van der Waals surface area contributed by atoms with Crippen LogP contribution in [0.15, 0.2) is 18.3 Å².